The van der Waals surface area contributed by atoms with Crippen LogP contribution in [0.1, 0.15) is 26.2 Å². The van der Waals surface area contributed by atoms with Crippen molar-refractivity contribution in [2.45, 2.75) is 43.5 Å². The summed E-state index contributed by atoms with van der Waals surface area (Å²) in [6.07, 6.45) is 2.60. The van der Waals surface area contributed by atoms with Crippen LogP contribution in [0.25, 0.3) is 0 Å². The Hall–Kier alpha value is -0.910. The summed E-state index contributed by atoms with van der Waals surface area (Å²) in [6, 6.07) is 0.422. The lowest BCUT2D eigenvalue weighted by atomic mass is 9.99. The average molecular weight is 258 g/mol. The Morgan fingerprint density at radius 2 is 2.35 bits per heavy atom. The predicted molar refractivity (Wildman–Crippen MR) is 66.1 cm³/mol. The Bertz CT molecular complexity index is 324. The molecule has 2 saturated heterocycles. The molecular weight excluding hydrogens is 240 g/mol. The van der Waals surface area contributed by atoms with E-state index in [1.165, 1.54) is 0 Å². The van der Waals surface area contributed by atoms with Crippen molar-refractivity contribution in [1.82, 2.24) is 10.6 Å². The quantitative estimate of drug-likeness (QED) is 0.644. The first-order valence-electron chi connectivity index (χ1n) is 5.99. The summed E-state index contributed by atoms with van der Waals surface area (Å²) < 4.78 is 0. The average Bonchev–Trinajstić information content (AvgIpc) is 2.78. The molecule has 0 spiro atoms. The van der Waals surface area contributed by atoms with E-state index in [-0.39, 0.29) is 24.0 Å². The summed E-state index contributed by atoms with van der Waals surface area (Å²) in [4.78, 5) is 21.8. The van der Waals surface area contributed by atoms with Gasteiger partial charge in [0.15, 0.2) is 0 Å². The van der Waals surface area contributed by atoms with Gasteiger partial charge in [0.25, 0.3) is 0 Å². The molecule has 5 nitrogen and oxygen atoms in total. The fourth-order valence-corrected chi connectivity index (χ4v) is 3.94. The molecule has 0 saturated carbocycles. The number of nitrogens with one attached hydrogen (secondary N) is 2. The largest absolute Gasteiger partial charge is 0.481 e. The van der Waals surface area contributed by atoms with Crippen molar-refractivity contribution in [2.75, 3.05) is 5.75 Å². The van der Waals surface area contributed by atoms with E-state index in [1.807, 2.05) is 11.8 Å². The smallest absolute Gasteiger partial charge is 0.315 e. The summed E-state index contributed by atoms with van der Waals surface area (Å²) in [5, 5.41) is 15.1. The van der Waals surface area contributed by atoms with Crippen LogP contribution >= 0.6 is 11.8 Å². The third-order valence-corrected chi connectivity index (χ3v) is 4.99. The van der Waals surface area contributed by atoms with E-state index < -0.39 is 5.97 Å². The van der Waals surface area contributed by atoms with Gasteiger partial charge in [-0.1, -0.05) is 13.3 Å². The van der Waals surface area contributed by atoms with E-state index in [9.17, 15) is 9.59 Å². The Morgan fingerprint density at radius 3 is 3.06 bits per heavy atom. The molecule has 0 radical (unpaired) electrons. The number of carboxylic acid groups (broad SMARTS) is 1. The van der Waals surface area contributed by atoms with Gasteiger partial charge in [-0.25, -0.2) is 4.79 Å². The highest BCUT2D eigenvalue weighted by molar-refractivity contribution is 8.00. The van der Waals surface area contributed by atoms with Crippen molar-refractivity contribution in [3.63, 3.8) is 0 Å². The molecule has 2 amide bonds. The highest BCUT2D eigenvalue weighted by atomic mass is 32.2. The fourth-order valence-electron chi connectivity index (χ4n) is 2.39. The molecule has 2 fully saturated rings. The van der Waals surface area contributed by atoms with Crippen molar-refractivity contribution in [2.24, 2.45) is 5.92 Å². The van der Waals surface area contributed by atoms with Crippen LogP contribution in [0.4, 0.5) is 4.79 Å². The fraction of sp³-hybridized carbons (Fsp3) is 0.818. The van der Waals surface area contributed by atoms with Gasteiger partial charge < -0.3 is 15.7 Å². The SMILES string of the molecule is C[C@H](CCC[C@H]1SC[C@H]2NC(=O)N[C@@H]21)C(=O)O. The Labute approximate surface area is 105 Å². The molecule has 3 N–H and O–H groups in total. The second-order valence-corrected chi connectivity index (χ2v) is 6.06. The van der Waals surface area contributed by atoms with Gasteiger partial charge in [0.2, 0.25) is 0 Å². The summed E-state index contributed by atoms with van der Waals surface area (Å²) >= 11 is 1.87. The maximum absolute atomic E-state index is 11.2. The second kappa shape index (κ2) is 5.16. The van der Waals surface area contributed by atoms with Crippen LogP contribution in [0.5, 0.6) is 0 Å². The normalized spacial score (nSPS) is 32.8. The van der Waals surface area contributed by atoms with Crippen molar-refractivity contribution < 1.29 is 14.7 Å². The maximum atomic E-state index is 11.2. The van der Waals surface area contributed by atoms with Gasteiger partial charge in [0.05, 0.1) is 18.0 Å². The molecule has 96 valence electrons. The number of rotatable bonds is 5. The minimum absolute atomic E-state index is 0.0656. The van der Waals surface area contributed by atoms with Gasteiger partial charge in [-0.15, -0.1) is 0 Å². The van der Waals surface area contributed by atoms with Crippen LogP contribution in [0.2, 0.25) is 0 Å². The van der Waals surface area contributed by atoms with Crippen LogP contribution in [0.3, 0.4) is 0 Å². The lowest BCUT2D eigenvalue weighted by molar-refractivity contribution is -0.141. The first kappa shape index (κ1) is 12.5. The minimum atomic E-state index is -0.724. The number of urea groups is 1. The van der Waals surface area contributed by atoms with Gasteiger partial charge in [-0.2, -0.15) is 11.8 Å². The van der Waals surface area contributed by atoms with Crippen LogP contribution in [-0.4, -0.2) is 40.2 Å². The Morgan fingerprint density at radius 1 is 1.59 bits per heavy atom. The second-order valence-electron chi connectivity index (χ2n) is 4.79. The van der Waals surface area contributed by atoms with Gasteiger partial charge in [-0.3, -0.25) is 4.79 Å². The first-order valence-corrected chi connectivity index (χ1v) is 7.04. The Kier molecular flexibility index (Phi) is 3.81. The highest BCUT2D eigenvalue weighted by Crippen LogP contribution is 2.33. The molecule has 6 heteroatoms. The number of carbonyl (C=O) groups is 2. The molecule has 0 unspecified atom stereocenters. The summed E-state index contributed by atoms with van der Waals surface area (Å²) in [7, 11) is 0. The van der Waals surface area contributed by atoms with E-state index in [1.54, 1.807) is 6.92 Å². The van der Waals surface area contributed by atoms with Crippen LogP contribution in [0.15, 0.2) is 0 Å². The topological polar surface area (TPSA) is 78.4 Å². The molecule has 2 rings (SSSR count). The van der Waals surface area contributed by atoms with E-state index in [0.717, 1.165) is 18.6 Å². The zero-order valence-electron chi connectivity index (χ0n) is 9.81. The number of hydrogen-bond acceptors (Lipinski definition) is 3. The number of fused-ring (bicyclic) bond motifs is 1. The number of hydrogen-bond donors (Lipinski definition) is 3. The molecule has 0 aromatic carbocycles. The lowest BCUT2D eigenvalue weighted by Crippen LogP contribution is -2.36. The van der Waals surface area contributed by atoms with Crippen LogP contribution in [0, 0.1) is 5.92 Å². The summed E-state index contributed by atoms with van der Waals surface area (Å²) in [5.41, 5.74) is 0. The molecule has 2 heterocycles. The van der Waals surface area contributed by atoms with Crippen molar-refractivity contribution in [3.8, 4) is 0 Å². The molecular formula is C11H18N2O3S. The number of carboxylic acids is 1. The van der Waals surface area contributed by atoms with Crippen LogP contribution in [-0.2, 0) is 4.79 Å². The summed E-state index contributed by atoms with van der Waals surface area (Å²) in [5.74, 6) is -0.0333. The Balaban J connectivity index is 1.73. The maximum Gasteiger partial charge on any atom is 0.315 e. The number of aliphatic carboxylic acids is 1. The molecule has 2 aliphatic heterocycles. The van der Waals surface area contributed by atoms with Crippen molar-refractivity contribution in [3.05, 3.63) is 0 Å². The lowest BCUT2D eigenvalue weighted by Gasteiger charge is -2.17. The molecule has 0 aromatic heterocycles. The monoisotopic (exact) mass is 258 g/mol. The molecule has 0 bridgehead atoms. The highest BCUT2D eigenvalue weighted by Gasteiger charge is 2.42. The van der Waals surface area contributed by atoms with Crippen LogP contribution < -0.4 is 10.6 Å². The molecule has 2 aliphatic rings. The number of amides is 2. The number of thioether (sulfide) groups is 1. The summed E-state index contributed by atoms with van der Waals surface area (Å²) in [6.45, 7) is 1.74. The molecule has 0 aliphatic carbocycles. The van der Waals surface area contributed by atoms with Gasteiger partial charge in [-0.05, 0) is 12.8 Å². The van der Waals surface area contributed by atoms with E-state index in [0.29, 0.717) is 11.7 Å². The standard InChI is InChI=1S/C11H18N2O3S/c1-6(10(14)15)3-2-4-8-9-7(5-17-8)12-11(16)13-9/h6-9H,2-5H2,1H3,(H,14,15)(H2,12,13,16)/t6-,7-,8-,9+/m1/s1. The number of carbonyl (C=O) groups excluding carboxylic acids is 1. The molecule has 0 aromatic rings. The van der Waals surface area contributed by atoms with Crippen molar-refractivity contribution >= 4 is 23.8 Å². The zero-order valence-corrected chi connectivity index (χ0v) is 10.6. The van der Waals surface area contributed by atoms with Gasteiger partial charge in [0.1, 0.15) is 0 Å². The first-order chi connectivity index (χ1) is 8.08. The molecule has 4 atom stereocenters. The third kappa shape index (κ3) is 2.86. The van der Waals surface area contributed by atoms with E-state index in [2.05, 4.69) is 10.6 Å². The van der Waals surface area contributed by atoms with Gasteiger partial charge in [0, 0.05) is 11.0 Å². The zero-order chi connectivity index (χ0) is 12.4. The predicted octanol–water partition coefficient (Wildman–Crippen LogP) is 1.04. The van der Waals surface area contributed by atoms with E-state index in [4.69, 9.17) is 5.11 Å². The molecule has 17 heavy (non-hydrogen) atoms. The third-order valence-electron chi connectivity index (χ3n) is 3.49. The van der Waals surface area contributed by atoms with Crippen molar-refractivity contribution in [1.29, 1.82) is 0 Å². The van der Waals surface area contributed by atoms with Gasteiger partial charge >= 0.3 is 12.0 Å². The minimum Gasteiger partial charge on any atom is -0.481 e. The van der Waals surface area contributed by atoms with E-state index >= 15 is 0 Å².